The molecule has 182 valence electrons. The van der Waals surface area contributed by atoms with Crippen molar-refractivity contribution in [3.8, 4) is 11.5 Å². The number of rotatable bonds is 8. The number of anilines is 2. The van der Waals surface area contributed by atoms with Crippen LogP contribution in [0.3, 0.4) is 0 Å². The van der Waals surface area contributed by atoms with Gasteiger partial charge in [0.2, 0.25) is 0 Å². The molecule has 1 aliphatic rings. The Balaban J connectivity index is 1.27. The standard InChI is InChI=1S/C25H26ClFN6O2/c1-15-30-20-6-8-33(13-22(20)31-15)7-3-9-35-24-11-17-21(12-23(24)34-2)28-14-29-25(17)32-16-4-5-19(27)18(26)10-16/h4-5,10-12,14H,3,6-9,13H2,1-2H3,(H,30,31)(H,28,29,32). The van der Waals surface area contributed by atoms with Gasteiger partial charge in [-0.25, -0.2) is 19.3 Å². The molecule has 0 amide bonds. The van der Waals surface area contributed by atoms with Gasteiger partial charge in [-0.15, -0.1) is 0 Å². The van der Waals surface area contributed by atoms with E-state index in [4.69, 9.17) is 21.1 Å². The van der Waals surface area contributed by atoms with Crippen molar-refractivity contribution in [3.05, 3.63) is 64.7 Å². The van der Waals surface area contributed by atoms with E-state index in [9.17, 15) is 4.39 Å². The molecule has 0 radical (unpaired) electrons. The van der Waals surface area contributed by atoms with Crippen molar-refractivity contribution < 1.29 is 13.9 Å². The van der Waals surface area contributed by atoms with Crippen molar-refractivity contribution in [1.82, 2.24) is 24.8 Å². The highest BCUT2D eigenvalue weighted by atomic mass is 35.5. The van der Waals surface area contributed by atoms with E-state index in [0.29, 0.717) is 35.1 Å². The molecule has 5 rings (SSSR count). The van der Waals surface area contributed by atoms with Crippen LogP contribution < -0.4 is 14.8 Å². The van der Waals surface area contributed by atoms with E-state index >= 15 is 0 Å². The summed E-state index contributed by atoms with van der Waals surface area (Å²) in [4.78, 5) is 19.0. The number of H-pyrrole nitrogens is 1. The van der Waals surface area contributed by atoms with Gasteiger partial charge in [-0.05, 0) is 37.6 Å². The molecule has 0 aliphatic carbocycles. The monoisotopic (exact) mass is 496 g/mol. The summed E-state index contributed by atoms with van der Waals surface area (Å²) in [5, 5.41) is 3.97. The van der Waals surface area contributed by atoms with Gasteiger partial charge in [0, 0.05) is 43.2 Å². The Morgan fingerprint density at radius 1 is 1.20 bits per heavy atom. The number of nitrogens with zero attached hydrogens (tertiary/aromatic N) is 4. The second-order valence-electron chi connectivity index (χ2n) is 8.47. The highest BCUT2D eigenvalue weighted by Crippen LogP contribution is 2.35. The maximum atomic E-state index is 13.5. The largest absolute Gasteiger partial charge is 0.493 e. The van der Waals surface area contributed by atoms with Crippen LogP contribution in [0.2, 0.25) is 5.02 Å². The lowest BCUT2D eigenvalue weighted by molar-refractivity contribution is 0.215. The van der Waals surface area contributed by atoms with E-state index in [0.717, 1.165) is 43.7 Å². The molecule has 0 spiro atoms. The SMILES string of the molecule is COc1cc2ncnc(Nc3ccc(F)c(Cl)c3)c2cc1OCCCN1CCc2nc(C)[nH]c2C1. The fourth-order valence-electron chi connectivity index (χ4n) is 4.30. The number of halogens is 2. The third-order valence-electron chi connectivity index (χ3n) is 6.01. The molecule has 0 bridgehead atoms. The number of aryl methyl sites for hydroxylation is 1. The van der Waals surface area contributed by atoms with E-state index in [-0.39, 0.29) is 5.02 Å². The van der Waals surface area contributed by atoms with E-state index in [1.54, 1.807) is 13.2 Å². The molecule has 4 aromatic rings. The average molecular weight is 497 g/mol. The molecule has 0 fully saturated rings. The molecule has 10 heteroatoms. The van der Waals surface area contributed by atoms with Crippen LogP contribution in [0, 0.1) is 12.7 Å². The maximum absolute atomic E-state index is 13.5. The zero-order valence-electron chi connectivity index (χ0n) is 19.6. The van der Waals surface area contributed by atoms with Crippen molar-refractivity contribution in [2.24, 2.45) is 0 Å². The summed E-state index contributed by atoms with van der Waals surface area (Å²) in [5.74, 6) is 2.27. The smallest absolute Gasteiger partial charge is 0.162 e. The zero-order valence-corrected chi connectivity index (χ0v) is 20.3. The van der Waals surface area contributed by atoms with Gasteiger partial charge in [-0.2, -0.15) is 0 Å². The first-order valence-electron chi connectivity index (χ1n) is 11.4. The summed E-state index contributed by atoms with van der Waals surface area (Å²) in [7, 11) is 1.60. The number of hydrogen-bond donors (Lipinski definition) is 2. The fraction of sp³-hybridized carbons (Fsp3) is 0.320. The average Bonchev–Trinajstić information content (AvgIpc) is 3.23. The number of nitrogens with one attached hydrogen (secondary N) is 2. The lowest BCUT2D eigenvalue weighted by Gasteiger charge is -2.25. The summed E-state index contributed by atoms with van der Waals surface area (Å²) in [6.45, 7) is 5.34. The van der Waals surface area contributed by atoms with Crippen LogP contribution in [0.1, 0.15) is 23.6 Å². The van der Waals surface area contributed by atoms with Crippen LogP contribution in [-0.2, 0) is 13.0 Å². The van der Waals surface area contributed by atoms with Crippen molar-refractivity contribution >= 4 is 34.0 Å². The molecule has 8 nitrogen and oxygen atoms in total. The van der Waals surface area contributed by atoms with E-state index in [1.165, 1.54) is 29.8 Å². The second kappa shape index (κ2) is 10.1. The summed E-state index contributed by atoms with van der Waals surface area (Å²) in [6, 6.07) is 8.11. The molecule has 35 heavy (non-hydrogen) atoms. The van der Waals surface area contributed by atoms with Gasteiger partial charge in [-0.1, -0.05) is 11.6 Å². The van der Waals surface area contributed by atoms with Crippen molar-refractivity contribution in [1.29, 1.82) is 0 Å². The van der Waals surface area contributed by atoms with Gasteiger partial charge in [0.15, 0.2) is 11.5 Å². The topological polar surface area (TPSA) is 88.2 Å². The number of imidazole rings is 1. The first-order chi connectivity index (χ1) is 17.0. The van der Waals surface area contributed by atoms with E-state index in [1.807, 2.05) is 19.1 Å². The van der Waals surface area contributed by atoms with Gasteiger partial charge in [0.25, 0.3) is 0 Å². The first kappa shape index (κ1) is 23.3. The molecule has 2 aromatic heterocycles. The predicted octanol–water partition coefficient (Wildman–Crippen LogP) is 5.03. The summed E-state index contributed by atoms with van der Waals surface area (Å²) >= 11 is 5.92. The van der Waals surface area contributed by atoms with Crippen LogP contribution in [0.5, 0.6) is 11.5 Å². The molecule has 0 unspecified atom stereocenters. The molecule has 0 saturated heterocycles. The number of fused-ring (bicyclic) bond motifs is 2. The summed E-state index contributed by atoms with van der Waals surface area (Å²) in [5.41, 5.74) is 3.71. The molecule has 0 atom stereocenters. The van der Waals surface area contributed by atoms with Crippen molar-refractivity contribution in [2.75, 3.05) is 32.1 Å². The van der Waals surface area contributed by atoms with Crippen LogP contribution >= 0.6 is 11.6 Å². The third-order valence-corrected chi connectivity index (χ3v) is 6.30. The van der Waals surface area contributed by atoms with E-state index < -0.39 is 5.82 Å². The number of aromatic amines is 1. The number of benzene rings is 2. The van der Waals surface area contributed by atoms with Gasteiger partial charge in [0.1, 0.15) is 23.8 Å². The van der Waals surface area contributed by atoms with Crippen LogP contribution in [0.25, 0.3) is 10.9 Å². The zero-order chi connectivity index (χ0) is 24.4. The molecule has 1 aliphatic heterocycles. The highest BCUT2D eigenvalue weighted by molar-refractivity contribution is 6.31. The predicted molar refractivity (Wildman–Crippen MR) is 133 cm³/mol. The maximum Gasteiger partial charge on any atom is 0.162 e. The Kier molecular flexibility index (Phi) is 6.70. The highest BCUT2D eigenvalue weighted by Gasteiger charge is 2.19. The number of aromatic nitrogens is 4. The molecule has 3 heterocycles. The fourth-order valence-corrected chi connectivity index (χ4v) is 4.48. The Morgan fingerprint density at radius 2 is 2.09 bits per heavy atom. The lowest BCUT2D eigenvalue weighted by Crippen LogP contribution is -2.32. The molecular formula is C25H26ClFN6O2. The number of ether oxygens (including phenoxy) is 2. The van der Waals surface area contributed by atoms with Gasteiger partial charge >= 0.3 is 0 Å². The summed E-state index contributed by atoms with van der Waals surface area (Å²) < 4.78 is 25.2. The normalized spacial score (nSPS) is 13.6. The molecule has 2 aromatic carbocycles. The van der Waals surface area contributed by atoms with Crippen molar-refractivity contribution in [3.63, 3.8) is 0 Å². The second-order valence-corrected chi connectivity index (χ2v) is 8.88. The van der Waals surface area contributed by atoms with Gasteiger partial charge < -0.3 is 19.8 Å². The minimum absolute atomic E-state index is 0.0339. The Morgan fingerprint density at radius 3 is 2.91 bits per heavy atom. The lowest BCUT2D eigenvalue weighted by atomic mass is 10.1. The minimum Gasteiger partial charge on any atom is -0.493 e. The minimum atomic E-state index is -0.477. The van der Waals surface area contributed by atoms with Crippen LogP contribution in [0.15, 0.2) is 36.7 Å². The van der Waals surface area contributed by atoms with Gasteiger partial charge in [0.05, 0.1) is 35.6 Å². The quantitative estimate of drug-likeness (QED) is 0.331. The molecule has 2 N–H and O–H groups in total. The third kappa shape index (κ3) is 5.16. The summed E-state index contributed by atoms with van der Waals surface area (Å²) in [6.07, 6.45) is 3.29. The molecular weight excluding hydrogens is 471 g/mol. The van der Waals surface area contributed by atoms with E-state index in [2.05, 4.69) is 30.2 Å². The first-order valence-corrected chi connectivity index (χ1v) is 11.8. The molecule has 0 saturated carbocycles. The van der Waals surface area contributed by atoms with Crippen LogP contribution in [0.4, 0.5) is 15.9 Å². The number of hydrogen-bond acceptors (Lipinski definition) is 7. The Hall–Kier alpha value is -3.43. The Bertz CT molecular complexity index is 1360. The van der Waals surface area contributed by atoms with Crippen LogP contribution in [-0.4, -0.2) is 51.6 Å². The van der Waals surface area contributed by atoms with Crippen molar-refractivity contribution in [2.45, 2.75) is 26.3 Å². The Labute approximate surface area is 207 Å². The number of methoxy groups -OCH3 is 1. The van der Waals surface area contributed by atoms with Gasteiger partial charge in [-0.3, -0.25) is 4.90 Å².